The van der Waals surface area contributed by atoms with Gasteiger partial charge in [0.25, 0.3) is 0 Å². The molecule has 2 atom stereocenters. The number of halogens is 2. The quantitative estimate of drug-likeness (QED) is 0.529. The molecule has 0 amide bonds. The molecule has 3 aromatic carbocycles. The minimum absolute atomic E-state index is 0.184. The number of carbonyl (C=O) groups is 1. The summed E-state index contributed by atoms with van der Waals surface area (Å²) in [5, 5.41) is 5.05. The molecular formula is C23H14Cl2N2O3. The SMILES string of the molecule is O=C1OC(c2ccccc2)=N[C@@]12ON=C(c1c(Cl)cccc1Cl)[C@@H]2c1ccccc1. The minimum atomic E-state index is -1.69. The highest BCUT2D eigenvalue weighted by Crippen LogP contribution is 2.46. The second kappa shape index (κ2) is 7.27. The number of nitrogens with zero attached hydrogens (tertiary/aromatic N) is 2. The summed E-state index contributed by atoms with van der Waals surface area (Å²) in [6.07, 6.45) is 0. The number of esters is 1. The number of cyclic esters (lactones) is 1. The maximum Gasteiger partial charge on any atom is 0.384 e. The summed E-state index contributed by atoms with van der Waals surface area (Å²) in [5.41, 5.74) is 0.682. The van der Waals surface area contributed by atoms with E-state index >= 15 is 0 Å². The lowest BCUT2D eigenvalue weighted by Crippen LogP contribution is -2.41. The highest BCUT2D eigenvalue weighted by molar-refractivity contribution is 6.41. The van der Waals surface area contributed by atoms with E-state index in [-0.39, 0.29) is 5.90 Å². The Hall–Kier alpha value is -3.15. The van der Waals surface area contributed by atoms with Crippen molar-refractivity contribution in [1.82, 2.24) is 0 Å². The number of aliphatic imine (C=N–C) groups is 1. The fraction of sp³-hybridized carbons (Fsp3) is 0.0870. The molecule has 1 spiro atoms. The first kappa shape index (κ1) is 18.9. The van der Waals surface area contributed by atoms with Crippen molar-refractivity contribution >= 4 is 40.8 Å². The molecule has 0 N–H and O–H groups in total. The van der Waals surface area contributed by atoms with E-state index in [1.165, 1.54) is 0 Å². The van der Waals surface area contributed by atoms with E-state index in [1.807, 2.05) is 60.7 Å². The van der Waals surface area contributed by atoms with Gasteiger partial charge in [-0.2, -0.15) is 4.99 Å². The third-order valence-electron chi connectivity index (χ3n) is 5.07. The normalized spacial score (nSPS) is 22.5. The third-order valence-corrected chi connectivity index (χ3v) is 5.70. The molecule has 0 bridgehead atoms. The van der Waals surface area contributed by atoms with Crippen molar-refractivity contribution in [3.63, 3.8) is 0 Å². The monoisotopic (exact) mass is 436 g/mol. The largest absolute Gasteiger partial charge is 0.402 e. The lowest BCUT2D eigenvalue weighted by molar-refractivity contribution is -0.156. The van der Waals surface area contributed by atoms with Gasteiger partial charge in [0.15, 0.2) is 0 Å². The molecule has 0 fully saturated rings. The fourth-order valence-corrected chi connectivity index (χ4v) is 4.29. The second-order valence-electron chi connectivity index (χ2n) is 6.88. The number of oxime groups is 1. The maximum absolute atomic E-state index is 13.1. The van der Waals surface area contributed by atoms with Crippen LogP contribution >= 0.6 is 23.2 Å². The highest BCUT2D eigenvalue weighted by atomic mass is 35.5. The van der Waals surface area contributed by atoms with E-state index in [4.69, 9.17) is 32.8 Å². The summed E-state index contributed by atoms with van der Waals surface area (Å²) in [4.78, 5) is 23.4. The summed E-state index contributed by atoms with van der Waals surface area (Å²) in [6, 6.07) is 23.7. The molecule has 5 rings (SSSR count). The van der Waals surface area contributed by atoms with Gasteiger partial charge in [0.2, 0.25) is 5.90 Å². The van der Waals surface area contributed by atoms with Crippen LogP contribution in [0.1, 0.15) is 22.6 Å². The highest BCUT2D eigenvalue weighted by Gasteiger charge is 2.61. The van der Waals surface area contributed by atoms with Gasteiger partial charge < -0.3 is 9.57 Å². The van der Waals surface area contributed by atoms with Crippen molar-refractivity contribution in [2.24, 2.45) is 10.1 Å². The van der Waals surface area contributed by atoms with E-state index in [0.29, 0.717) is 26.9 Å². The van der Waals surface area contributed by atoms with Crippen LogP contribution in [0.5, 0.6) is 0 Å². The molecule has 7 heteroatoms. The second-order valence-corrected chi connectivity index (χ2v) is 7.69. The molecule has 0 aromatic heterocycles. The third kappa shape index (κ3) is 2.90. The van der Waals surface area contributed by atoms with Gasteiger partial charge in [0.1, 0.15) is 11.6 Å². The molecule has 0 aliphatic carbocycles. The molecule has 0 saturated carbocycles. The van der Waals surface area contributed by atoms with Crippen LogP contribution in [-0.4, -0.2) is 23.3 Å². The first-order valence-electron chi connectivity index (χ1n) is 9.23. The van der Waals surface area contributed by atoms with Crippen LogP contribution in [-0.2, 0) is 14.4 Å². The van der Waals surface area contributed by atoms with Crippen LogP contribution in [0.25, 0.3) is 0 Å². The molecule has 3 aromatic rings. The summed E-state index contributed by atoms with van der Waals surface area (Å²) < 4.78 is 5.53. The smallest absolute Gasteiger partial charge is 0.384 e. The summed E-state index contributed by atoms with van der Waals surface area (Å²) in [7, 11) is 0. The van der Waals surface area contributed by atoms with E-state index in [0.717, 1.165) is 5.56 Å². The standard InChI is InChI=1S/C23H14Cl2N2O3/c24-16-12-7-13-17(25)18(16)20-19(14-8-3-1-4-9-14)23(30-27-20)22(28)29-21(26-23)15-10-5-2-6-11-15/h1-13,19H/t19-,23-/m0/s1. The van der Waals surface area contributed by atoms with Gasteiger partial charge in [-0.25, -0.2) is 4.79 Å². The molecule has 5 nitrogen and oxygen atoms in total. The molecule has 0 saturated heterocycles. The fourth-order valence-electron chi connectivity index (χ4n) is 3.70. The van der Waals surface area contributed by atoms with E-state index < -0.39 is 17.6 Å². The van der Waals surface area contributed by atoms with E-state index in [9.17, 15) is 4.79 Å². The Kier molecular flexibility index (Phi) is 4.57. The van der Waals surface area contributed by atoms with Crippen molar-refractivity contribution in [2.45, 2.75) is 11.6 Å². The Bertz CT molecular complexity index is 1180. The molecule has 0 radical (unpaired) electrons. The number of ether oxygens (including phenoxy) is 1. The number of benzene rings is 3. The number of hydrogen-bond acceptors (Lipinski definition) is 5. The van der Waals surface area contributed by atoms with Crippen molar-refractivity contribution in [3.8, 4) is 0 Å². The maximum atomic E-state index is 13.1. The predicted octanol–water partition coefficient (Wildman–Crippen LogP) is 5.21. The van der Waals surface area contributed by atoms with Crippen LogP contribution in [0.4, 0.5) is 0 Å². The van der Waals surface area contributed by atoms with Gasteiger partial charge in [-0.05, 0) is 29.8 Å². The van der Waals surface area contributed by atoms with Gasteiger partial charge in [-0.1, -0.05) is 83.0 Å². The van der Waals surface area contributed by atoms with Crippen LogP contribution < -0.4 is 0 Å². The lowest BCUT2D eigenvalue weighted by Gasteiger charge is -2.23. The molecule has 2 heterocycles. The molecule has 148 valence electrons. The average Bonchev–Trinajstić information content (AvgIpc) is 3.30. The Labute approximate surface area is 182 Å². The molecule has 0 unspecified atom stereocenters. The van der Waals surface area contributed by atoms with Gasteiger partial charge in [-0.15, -0.1) is 0 Å². The van der Waals surface area contributed by atoms with Crippen LogP contribution in [0.3, 0.4) is 0 Å². The van der Waals surface area contributed by atoms with Crippen molar-refractivity contribution in [1.29, 1.82) is 0 Å². The van der Waals surface area contributed by atoms with E-state index in [2.05, 4.69) is 10.1 Å². The molecule has 2 aliphatic rings. The topological polar surface area (TPSA) is 60.2 Å². The minimum Gasteiger partial charge on any atom is -0.402 e. The van der Waals surface area contributed by atoms with Crippen molar-refractivity contribution < 1.29 is 14.4 Å². The number of carbonyl (C=O) groups excluding carboxylic acids is 1. The predicted molar refractivity (Wildman–Crippen MR) is 115 cm³/mol. The zero-order chi connectivity index (χ0) is 20.7. The lowest BCUT2D eigenvalue weighted by atomic mass is 9.82. The van der Waals surface area contributed by atoms with Crippen LogP contribution in [0.15, 0.2) is 89.0 Å². The summed E-state index contributed by atoms with van der Waals surface area (Å²) in [5.74, 6) is -1.15. The van der Waals surface area contributed by atoms with Gasteiger partial charge in [0, 0.05) is 11.1 Å². The Morgan fingerprint density at radius 2 is 1.47 bits per heavy atom. The summed E-state index contributed by atoms with van der Waals surface area (Å²) in [6.45, 7) is 0. The number of hydrogen-bond donors (Lipinski definition) is 0. The molecular weight excluding hydrogens is 423 g/mol. The van der Waals surface area contributed by atoms with Crippen LogP contribution in [0, 0.1) is 0 Å². The summed E-state index contributed by atoms with van der Waals surface area (Å²) >= 11 is 12.9. The van der Waals surface area contributed by atoms with Crippen molar-refractivity contribution in [2.75, 3.05) is 0 Å². The first-order valence-corrected chi connectivity index (χ1v) is 9.99. The van der Waals surface area contributed by atoms with Crippen molar-refractivity contribution in [3.05, 3.63) is 106 Å². The first-order chi connectivity index (χ1) is 14.6. The average molecular weight is 437 g/mol. The van der Waals surface area contributed by atoms with Gasteiger partial charge in [-0.3, -0.25) is 0 Å². The van der Waals surface area contributed by atoms with Gasteiger partial charge in [0.05, 0.1) is 10.0 Å². The Morgan fingerprint density at radius 3 is 2.13 bits per heavy atom. The van der Waals surface area contributed by atoms with Gasteiger partial charge >= 0.3 is 11.7 Å². The molecule has 30 heavy (non-hydrogen) atoms. The Morgan fingerprint density at radius 1 is 0.833 bits per heavy atom. The zero-order valence-electron chi connectivity index (χ0n) is 15.5. The van der Waals surface area contributed by atoms with Crippen LogP contribution in [0.2, 0.25) is 10.0 Å². The number of rotatable bonds is 3. The zero-order valence-corrected chi connectivity index (χ0v) is 17.0. The Balaban J connectivity index is 1.69. The molecule has 2 aliphatic heterocycles. The van der Waals surface area contributed by atoms with E-state index in [1.54, 1.807) is 18.2 Å².